The molecule has 0 radical (unpaired) electrons. The van der Waals surface area contributed by atoms with Crippen molar-refractivity contribution in [3.8, 4) is 0 Å². The number of halogens is 6. The first kappa shape index (κ1) is 23.8. The summed E-state index contributed by atoms with van der Waals surface area (Å²) < 4.78 is 26.6. The van der Waals surface area contributed by atoms with Crippen LogP contribution >= 0.6 is 46.4 Å². The van der Waals surface area contributed by atoms with Gasteiger partial charge in [0.1, 0.15) is 10.2 Å². The van der Waals surface area contributed by atoms with Crippen LogP contribution in [0.15, 0.2) is 60.7 Å². The van der Waals surface area contributed by atoms with Crippen LogP contribution in [-0.2, 0) is 4.79 Å². The first-order valence-electron chi connectivity index (χ1n) is 9.58. The molecule has 10 heteroatoms. The number of carbonyl (C=O) groups is 2. The van der Waals surface area contributed by atoms with Crippen LogP contribution < -0.4 is 10.6 Å². The number of hydrogen-bond acceptors (Lipinski definition) is 2. The highest BCUT2D eigenvalue weighted by Crippen LogP contribution is 2.65. The highest BCUT2D eigenvalue weighted by molar-refractivity contribution is 6.53. The predicted octanol–water partition coefficient (Wildman–Crippen LogP) is 7.05. The summed E-state index contributed by atoms with van der Waals surface area (Å²) >= 11 is 24.7. The van der Waals surface area contributed by atoms with Gasteiger partial charge in [-0.25, -0.2) is 8.78 Å². The smallest absolute Gasteiger partial charge is 0.258 e. The summed E-state index contributed by atoms with van der Waals surface area (Å²) in [6.45, 7) is 0. The number of rotatable bonds is 5. The second-order valence-electron chi connectivity index (χ2n) is 7.45. The molecular weight excluding hydrogens is 516 g/mol. The summed E-state index contributed by atoms with van der Waals surface area (Å²) in [7, 11) is 0. The lowest BCUT2D eigenvalue weighted by Gasteiger charge is -2.11. The van der Waals surface area contributed by atoms with Gasteiger partial charge in [-0.3, -0.25) is 9.59 Å². The molecule has 2 atom stereocenters. The lowest BCUT2D eigenvalue weighted by molar-refractivity contribution is -0.117. The van der Waals surface area contributed by atoms with Crippen LogP contribution in [0, 0.1) is 17.6 Å². The first-order valence-corrected chi connectivity index (χ1v) is 11.1. The molecule has 2 amide bonds. The van der Waals surface area contributed by atoms with Crippen molar-refractivity contribution in [1.82, 2.24) is 0 Å². The number of amides is 2. The van der Waals surface area contributed by atoms with Gasteiger partial charge in [-0.1, -0.05) is 29.3 Å². The quantitative estimate of drug-likeness (QED) is 0.348. The second-order valence-corrected chi connectivity index (χ2v) is 9.77. The molecular formula is C23H14Cl4F2N2O2. The van der Waals surface area contributed by atoms with Gasteiger partial charge in [-0.05, 0) is 60.2 Å². The average molecular weight is 530 g/mol. The fourth-order valence-electron chi connectivity index (χ4n) is 3.57. The molecule has 0 aromatic heterocycles. The van der Waals surface area contributed by atoms with Crippen molar-refractivity contribution in [3.05, 3.63) is 93.5 Å². The highest BCUT2D eigenvalue weighted by Gasteiger charge is 2.67. The SMILES string of the molecule is O=C(Nc1ccc(F)cc1)c1cccc(NC(=O)C2C(c3cc(Cl)cc(Cl)c3)C2(Cl)Cl)c1F. The zero-order valence-electron chi connectivity index (χ0n) is 16.5. The van der Waals surface area contributed by atoms with Gasteiger partial charge in [0.05, 0.1) is 17.2 Å². The molecule has 2 N–H and O–H groups in total. The normalized spacial score (nSPS) is 18.5. The lowest BCUT2D eigenvalue weighted by Crippen LogP contribution is -2.20. The van der Waals surface area contributed by atoms with Crippen LogP contribution in [0.3, 0.4) is 0 Å². The number of alkyl halides is 2. The van der Waals surface area contributed by atoms with Gasteiger partial charge in [-0.2, -0.15) is 0 Å². The third-order valence-corrected chi connectivity index (χ3v) is 6.56. The monoisotopic (exact) mass is 528 g/mol. The molecule has 0 spiro atoms. The van der Waals surface area contributed by atoms with E-state index in [1.807, 2.05) is 0 Å². The number of anilines is 2. The summed E-state index contributed by atoms with van der Waals surface area (Å²) in [5, 5.41) is 5.63. The number of hydrogen-bond donors (Lipinski definition) is 2. The number of carbonyl (C=O) groups excluding carboxylic acids is 2. The molecule has 4 rings (SSSR count). The van der Waals surface area contributed by atoms with Crippen molar-refractivity contribution < 1.29 is 18.4 Å². The summed E-state index contributed by atoms with van der Waals surface area (Å²) in [5.41, 5.74) is 0.329. The molecule has 0 heterocycles. The molecule has 1 aliphatic rings. The summed E-state index contributed by atoms with van der Waals surface area (Å²) in [4.78, 5) is 25.3. The lowest BCUT2D eigenvalue weighted by atomic mass is 10.1. The molecule has 2 unspecified atom stereocenters. The maximum Gasteiger partial charge on any atom is 0.258 e. The van der Waals surface area contributed by atoms with Crippen LogP contribution in [0.1, 0.15) is 21.8 Å². The van der Waals surface area contributed by atoms with E-state index in [1.54, 1.807) is 12.1 Å². The highest BCUT2D eigenvalue weighted by atomic mass is 35.5. The minimum atomic E-state index is -1.44. The van der Waals surface area contributed by atoms with E-state index >= 15 is 4.39 Å². The van der Waals surface area contributed by atoms with E-state index in [0.717, 1.165) is 12.1 Å². The molecule has 0 saturated heterocycles. The Hall–Kier alpha value is -2.38. The second kappa shape index (κ2) is 9.11. The maximum atomic E-state index is 15.0. The number of nitrogens with one attached hydrogen (secondary N) is 2. The van der Waals surface area contributed by atoms with Crippen molar-refractivity contribution in [2.75, 3.05) is 10.6 Å². The van der Waals surface area contributed by atoms with Crippen LogP contribution in [0.4, 0.5) is 20.2 Å². The topological polar surface area (TPSA) is 58.2 Å². The molecule has 3 aromatic rings. The molecule has 1 fully saturated rings. The Kier molecular flexibility index (Phi) is 6.56. The molecule has 0 bridgehead atoms. The Morgan fingerprint density at radius 2 is 1.52 bits per heavy atom. The van der Waals surface area contributed by atoms with Crippen molar-refractivity contribution in [3.63, 3.8) is 0 Å². The molecule has 33 heavy (non-hydrogen) atoms. The third kappa shape index (κ3) is 4.94. The average Bonchev–Trinajstić information content (AvgIpc) is 3.32. The van der Waals surface area contributed by atoms with E-state index in [-0.39, 0.29) is 16.9 Å². The summed E-state index contributed by atoms with van der Waals surface area (Å²) in [6.07, 6.45) is 0. The minimum Gasteiger partial charge on any atom is -0.323 e. The molecule has 0 aliphatic heterocycles. The van der Waals surface area contributed by atoms with E-state index in [4.69, 9.17) is 46.4 Å². The summed E-state index contributed by atoms with van der Waals surface area (Å²) in [5.74, 6) is -4.31. The van der Waals surface area contributed by atoms with E-state index in [1.165, 1.54) is 36.4 Å². The Morgan fingerprint density at radius 3 is 2.15 bits per heavy atom. The van der Waals surface area contributed by atoms with E-state index in [9.17, 15) is 14.0 Å². The molecule has 4 nitrogen and oxygen atoms in total. The Labute approximate surface area is 207 Å². The fourth-order valence-corrected chi connectivity index (χ4v) is 4.94. The Morgan fingerprint density at radius 1 is 0.879 bits per heavy atom. The van der Waals surface area contributed by atoms with Gasteiger partial charge in [0.25, 0.3) is 5.91 Å². The van der Waals surface area contributed by atoms with Gasteiger partial charge >= 0.3 is 0 Å². The Bertz CT molecular complexity index is 1230. The minimum absolute atomic E-state index is 0.217. The zero-order chi connectivity index (χ0) is 23.9. The third-order valence-electron chi connectivity index (χ3n) is 5.18. The number of benzene rings is 3. The van der Waals surface area contributed by atoms with E-state index in [2.05, 4.69) is 10.6 Å². The van der Waals surface area contributed by atoms with Crippen molar-refractivity contribution in [1.29, 1.82) is 0 Å². The standard InChI is InChI=1S/C23H14Cl4F2N2O2/c24-12-8-11(9-13(25)10-12)18-19(23(18,26)27)22(33)31-17-3-1-2-16(20(17)29)21(32)30-15-6-4-14(28)5-7-15/h1-10,18-19H,(H,30,32)(H,31,33). The van der Waals surface area contributed by atoms with Gasteiger partial charge < -0.3 is 10.6 Å². The maximum absolute atomic E-state index is 15.0. The van der Waals surface area contributed by atoms with Gasteiger partial charge in [0, 0.05) is 21.7 Å². The molecule has 1 aliphatic carbocycles. The van der Waals surface area contributed by atoms with Crippen LogP contribution in [0.5, 0.6) is 0 Å². The largest absolute Gasteiger partial charge is 0.323 e. The fraction of sp³-hybridized carbons (Fsp3) is 0.130. The van der Waals surface area contributed by atoms with Gasteiger partial charge in [-0.15, -0.1) is 23.2 Å². The van der Waals surface area contributed by atoms with Gasteiger partial charge in [0.15, 0.2) is 5.82 Å². The van der Waals surface area contributed by atoms with E-state index in [0.29, 0.717) is 15.6 Å². The molecule has 170 valence electrons. The van der Waals surface area contributed by atoms with Crippen molar-refractivity contribution in [2.24, 2.45) is 5.92 Å². The zero-order valence-corrected chi connectivity index (χ0v) is 19.5. The Balaban J connectivity index is 1.52. The summed E-state index contributed by atoms with van der Waals surface area (Å²) in [6, 6.07) is 13.7. The molecule has 1 saturated carbocycles. The van der Waals surface area contributed by atoms with Crippen molar-refractivity contribution >= 4 is 69.6 Å². The first-order chi connectivity index (χ1) is 15.6. The van der Waals surface area contributed by atoms with E-state index < -0.39 is 39.6 Å². The molecule has 3 aromatic carbocycles. The van der Waals surface area contributed by atoms with Gasteiger partial charge in [0.2, 0.25) is 5.91 Å². The van der Waals surface area contributed by atoms with Crippen LogP contribution in [-0.4, -0.2) is 16.1 Å². The van der Waals surface area contributed by atoms with Crippen LogP contribution in [0.2, 0.25) is 10.0 Å². The predicted molar refractivity (Wildman–Crippen MR) is 127 cm³/mol. The van der Waals surface area contributed by atoms with Crippen molar-refractivity contribution in [2.45, 2.75) is 10.3 Å². The van der Waals surface area contributed by atoms with Crippen LogP contribution in [0.25, 0.3) is 0 Å².